The number of nitrogens with zero attached hydrogens (tertiary/aromatic N) is 1. The number of phosphoric ester groups is 1. The van der Waals surface area contributed by atoms with E-state index >= 15 is 0 Å². The molecule has 2 unspecified atom stereocenters. The summed E-state index contributed by atoms with van der Waals surface area (Å²) in [5.41, 5.74) is 0. The Hall–Kier alpha value is -3.07. The highest BCUT2D eigenvalue weighted by molar-refractivity contribution is 7.45. The third kappa shape index (κ3) is 56.1. The molecule has 0 aromatic carbocycles. The van der Waals surface area contributed by atoms with Crippen molar-refractivity contribution in [2.75, 3.05) is 47.5 Å². The molecule has 0 N–H and O–H groups in total. The molecule has 0 spiro atoms. The Bertz CT molecular complexity index is 1520. The molecule has 408 valence electrons. The van der Waals surface area contributed by atoms with Gasteiger partial charge in [-0.3, -0.25) is 14.2 Å². The second-order valence-corrected chi connectivity index (χ2v) is 21.3. The predicted octanol–water partition coefficient (Wildman–Crippen LogP) is 17.0. The maximum atomic E-state index is 12.8. The van der Waals surface area contributed by atoms with Crippen LogP contribution >= 0.6 is 7.82 Å². The van der Waals surface area contributed by atoms with Crippen LogP contribution in [0.4, 0.5) is 0 Å². The lowest BCUT2D eigenvalue weighted by atomic mass is 10.0. The fourth-order valence-corrected chi connectivity index (χ4v) is 8.22. The van der Waals surface area contributed by atoms with Gasteiger partial charge in [0.15, 0.2) is 6.10 Å². The van der Waals surface area contributed by atoms with E-state index in [0.29, 0.717) is 17.4 Å². The van der Waals surface area contributed by atoms with Crippen molar-refractivity contribution in [1.82, 2.24) is 0 Å². The summed E-state index contributed by atoms with van der Waals surface area (Å²) in [5.74, 6) is -0.850. The Morgan fingerprint density at radius 1 is 0.451 bits per heavy atom. The highest BCUT2D eigenvalue weighted by Crippen LogP contribution is 2.38. The van der Waals surface area contributed by atoms with Gasteiger partial charge in [0, 0.05) is 12.8 Å². The second kappa shape index (κ2) is 51.8. The summed E-state index contributed by atoms with van der Waals surface area (Å²) in [6.45, 7) is 4.11. The Morgan fingerprint density at radius 3 is 1.20 bits per heavy atom. The molecule has 0 saturated carbocycles. The Kier molecular flexibility index (Phi) is 49.6. The van der Waals surface area contributed by atoms with Crippen LogP contribution in [0.3, 0.4) is 0 Å². The van der Waals surface area contributed by atoms with Gasteiger partial charge in [0.1, 0.15) is 19.8 Å². The van der Waals surface area contributed by atoms with Crippen molar-refractivity contribution < 1.29 is 42.1 Å². The van der Waals surface area contributed by atoms with E-state index in [2.05, 4.69) is 111 Å². The van der Waals surface area contributed by atoms with Crippen molar-refractivity contribution in [3.63, 3.8) is 0 Å². The molecule has 0 aliphatic carbocycles. The van der Waals surface area contributed by atoms with Gasteiger partial charge in [0.2, 0.25) is 0 Å². The van der Waals surface area contributed by atoms with Crippen LogP contribution in [0.25, 0.3) is 0 Å². The number of carbonyl (C=O) groups is 2. The Labute approximate surface area is 436 Å². The maximum Gasteiger partial charge on any atom is 0.306 e. The lowest BCUT2D eigenvalue weighted by Gasteiger charge is -2.28. The number of rotatable bonds is 51. The molecule has 0 heterocycles. The van der Waals surface area contributed by atoms with E-state index in [1.54, 1.807) is 0 Å². The second-order valence-electron chi connectivity index (χ2n) is 19.9. The normalized spacial score (nSPS) is 14.1. The highest BCUT2D eigenvalue weighted by atomic mass is 31.2. The summed E-state index contributed by atoms with van der Waals surface area (Å²) in [6, 6.07) is 0. The summed E-state index contributed by atoms with van der Waals surface area (Å²) in [6.07, 6.45) is 70.2. The van der Waals surface area contributed by atoms with E-state index in [1.807, 2.05) is 21.1 Å². The fourth-order valence-electron chi connectivity index (χ4n) is 7.49. The Balaban J connectivity index is 4.23. The molecule has 0 bridgehead atoms. The molecule has 0 aromatic rings. The SMILES string of the molecule is CC/C=C\C/C=C\C/C=C\C/C=C\C/C=C\C/C=C\C/C=C\C/C=C\CCCCCCCCC(=O)OC(COC(=O)CCCCCCCCCCCCCCCCCC)COP(=O)([O-])OCC[N+](C)(C)C. The first-order chi connectivity index (χ1) is 34.5. The van der Waals surface area contributed by atoms with Gasteiger partial charge in [-0.25, -0.2) is 0 Å². The summed E-state index contributed by atoms with van der Waals surface area (Å²) in [7, 11) is 1.15. The van der Waals surface area contributed by atoms with E-state index in [-0.39, 0.29) is 32.0 Å². The van der Waals surface area contributed by atoms with Crippen LogP contribution in [0, 0.1) is 0 Å². The van der Waals surface area contributed by atoms with Crippen molar-refractivity contribution >= 4 is 19.8 Å². The number of esters is 2. The molecule has 71 heavy (non-hydrogen) atoms. The predicted molar refractivity (Wildman–Crippen MR) is 300 cm³/mol. The molecule has 10 heteroatoms. The van der Waals surface area contributed by atoms with Crippen LogP contribution in [-0.2, 0) is 32.7 Å². The first kappa shape index (κ1) is 67.9. The molecule has 0 radical (unpaired) electrons. The van der Waals surface area contributed by atoms with Crippen LogP contribution < -0.4 is 4.89 Å². The average Bonchev–Trinajstić information content (AvgIpc) is 3.33. The van der Waals surface area contributed by atoms with Gasteiger partial charge in [-0.05, 0) is 77.0 Å². The monoisotopic (exact) mass is 1010 g/mol. The molecule has 0 rings (SSSR count). The zero-order valence-electron chi connectivity index (χ0n) is 46.1. The topological polar surface area (TPSA) is 111 Å². The number of carbonyl (C=O) groups excluding carboxylic acids is 2. The average molecular weight is 1010 g/mol. The first-order valence-corrected chi connectivity index (χ1v) is 29.9. The van der Waals surface area contributed by atoms with Crippen molar-refractivity contribution in [3.8, 4) is 0 Å². The van der Waals surface area contributed by atoms with Crippen LogP contribution in [0.15, 0.2) is 97.2 Å². The quantitative estimate of drug-likeness (QED) is 0.0195. The van der Waals surface area contributed by atoms with E-state index in [4.69, 9.17) is 18.5 Å². The number of ether oxygens (including phenoxy) is 2. The van der Waals surface area contributed by atoms with Crippen molar-refractivity contribution in [3.05, 3.63) is 97.2 Å². The molecular weight excluding hydrogens is 906 g/mol. The number of likely N-dealkylation sites (N-methyl/N-ethyl adjacent to an activating group) is 1. The molecule has 0 saturated heterocycles. The molecule has 0 amide bonds. The summed E-state index contributed by atoms with van der Waals surface area (Å²) in [5, 5.41) is 0. The molecule has 9 nitrogen and oxygen atoms in total. The zero-order valence-corrected chi connectivity index (χ0v) is 47.0. The summed E-state index contributed by atoms with van der Waals surface area (Å²) in [4.78, 5) is 37.8. The molecule has 2 atom stereocenters. The lowest BCUT2D eigenvalue weighted by molar-refractivity contribution is -0.870. The Morgan fingerprint density at radius 2 is 0.803 bits per heavy atom. The molecule has 0 aliphatic heterocycles. The zero-order chi connectivity index (χ0) is 52.0. The molecule has 0 aliphatic rings. The minimum absolute atomic E-state index is 0.0375. The maximum absolute atomic E-state index is 12.8. The van der Waals surface area contributed by atoms with Gasteiger partial charge in [-0.2, -0.15) is 0 Å². The fraction of sp³-hybridized carbons (Fsp3) is 0.705. The smallest absolute Gasteiger partial charge is 0.306 e. The number of phosphoric acid groups is 1. The van der Waals surface area contributed by atoms with Crippen LogP contribution in [0.1, 0.15) is 226 Å². The number of quaternary nitrogens is 1. The van der Waals surface area contributed by atoms with Gasteiger partial charge in [0.05, 0.1) is 27.7 Å². The highest BCUT2D eigenvalue weighted by Gasteiger charge is 2.21. The summed E-state index contributed by atoms with van der Waals surface area (Å²) < 4.78 is 34.1. The number of allylic oxidation sites excluding steroid dienone is 16. The third-order valence-corrected chi connectivity index (χ3v) is 12.8. The molecular formula is C61H106NO8P. The standard InChI is InChI=1S/C61H106NO8P/c1-6-8-10-12-14-16-18-20-22-24-25-26-27-28-29-30-31-32-33-34-35-36-37-38-40-42-44-46-48-50-52-54-61(64)70-59(58-69-71(65,66)68-56-55-62(3,4)5)57-67-60(63)53-51-49-47-45-43-41-39-23-21-19-17-15-13-11-9-7-2/h8,10,14,16,20,22,25-26,28-29,31-32,34-35,37-38,59H,6-7,9,11-13,15,17-19,21,23-24,27,30,33,36,39-58H2,1-5H3/b10-8-,16-14-,22-20-,26-25-,29-28-,32-31-,35-34-,38-37-. The minimum Gasteiger partial charge on any atom is -0.756 e. The van der Waals surface area contributed by atoms with Gasteiger partial charge >= 0.3 is 11.9 Å². The van der Waals surface area contributed by atoms with Crippen LogP contribution in [0.2, 0.25) is 0 Å². The molecule has 0 aromatic heterocycles. The number of hydrogen-bond donors (Lipinski definition) is 0. The van der Waals surface area contributed by atoms with Crippen LogP contribution in [-0.4, -0.2) is 70.0 Å². The van der Waals surface area contributed by atoms with Crippen molar-refractivity contribution in [1.29, 1.82) is 0 Å². The number of unbranched alkanes of at least 4 members (excludes halogenated alkanes) is 21. The van der Waals surface area contributed by atoms with E-state index in [9.17, 15) is 19.0 Å². The lowest BCUT2D eigenvalue weighted by Crippen LogP contribution is -2.37. The minimum atomic E-state index is -4.64. The van der Waals surface area contributed by atoms with Crippen LogP contribution in [0.5, 0.6) is 0 Å². The van der Waals surface area contributed by atoms with Crippen molar-refractivity contribution in [2.24, 2.45) is 0 Å². The third-order valence-electron chi connectivity index (χ3n) is 11.9. The van der Waals surface area contributed by atoms with Gasteiger partial charge in [-0.1, -0.05) is 233 Å². The van der Waals surface area contributed by atoms with E-state index in [0.717, 1.165) is 109 Å². The van der Waals surface area contributed by atoms with Gasteiger partial charge in [0.25, 0.3) is 7.82 Å². The largest absolute Gasteiger partial charge is 0.756 e. The molecule has 0 fully saturated rings. The van der Waals surface area contributed by atoms with E-state index in [1.165, 1.54) is 83.5 Å². The summed E-state index contributed by atoms with van der Waals surface area (Å²) >= 11 is 0. The number of hydrogen-bond acceptors (Lipinski definition) is 8. The van der Waals surface area contributed by atoms with Gasteiger partial charge < -0.3 is 27.9 Å². The van der Waals surface area contributed by atoms with Gasteiger partial charge in [-0.15, -0.1) is 0 Å². The van der Waals surface area contributed by atoms with E-state index < -0.39 is 26.5 Å². The first-order valence-electron chi connectivity index (χ1n) is 28.4. The van der Waals surface area contributed by atoms with Crippen molar-refractivity contribution in [2.45, 2.75) is 232 Å².